The molecule has 2 aliphatic rings. The Morgan fingerprint density at radius 1 is 1.26 bits per heavy atom. The van der Waals surface area contributed by atoms with Gasteiger partial charge in [0.05, 0.1) is 18.7 Å². The van der Waals surface area contributed by atoms with Crippen molar-refractivity contribution in [2.45, 2.75) is 24.9 Å². The summed E-state index contributed by atoms with van der Waals surface area (Å²) in [6.07, 6.45) is 1.69. The Labute approximate surface area is 136 Å². The summed E-state index contributed by atoms with van der Waals surface area (Å²) in [7, 11) is 3.80. The van der Waals surface area contributed by atoms with Crippen LogP contribution in [0.4, 0.5) is 5.69 Å². The Morgan fingerprint density at radius 3 is 2.74 bits per heavy atom. The summed E-state index contributed by atoms with van der Waals surface area (Å²) in [6.45, 7) is 2.09. The fourth-order valence-electron chi connectivity index (χ4n) is 2.83. The van der Waals surface area contributed by atoms with E-state index < -0.39 is 5.60 Å². The van der Waals surface area contributed by atoms with Gasteiger partial charge in [-0.05, 0) is 25.2 Å². The van der Waals surface area contributed by atoms with E-state index in [-0.39, 0.29) is 5.91 Å². The first-order valence-electron chi connectivity index (χ1n) is 7.94. The lowest BCUT2D eigenvalue weighted by Crippen LogP contribution is -2.41. The molecule has 0 aromatic heterocycles. The van der Waals surface area contributed by atoms with Gasteiger partial charge in [-0.1, -0.05) is 11.8 Å². The van der Waals surface area contributed by atoms with Gasteiger partial charge >= 0.3 is 0 Å². The highest BCUT2D eigenvalue weighted by molar-refractivity contribution is 5.95. The van der Waals surface area contributed by atoms with Crippen molar-refractivity contribution in [2.75, 3.05) is 38.7 Å². The van der Waals surface area contributed by atoms with Crippen LogP contribution < -0.4 is 9.64 Å². The smallest absolute Gasteiger partial charge is 0.230 e. The highest BCUT2D eigenvalue weighted by atomic mass is 16.5. The Kier molecular flexibility index (Phi) is 4.29. The average Bonchev–Trinajstić information content (AvgIpc) is 2.69. The predicted molar refractivity (Wildman–Crippen MR) is 88.5 cm³/mol. The molecule has 5 heteroatoms. The van der Waals surface area contributed by atoms with Crippen LogP contribution in [0.3, 0.4) is 0 Å². The fourth-order valence-corrected chi connectivity index (χ4v) is 2.83. The van der Waals surface area contributed by atoms with Crippen LogP contribution in [0, 0.1) is 11.8 Å². The number of piperidine rings is 1. The van der Waals surface area contributed by atoms with Crippen molar-refractivity contribution < 1.29 is 14.6 Å². The number of rotatable bonds is 0. The number of carbonyl (C=O) groups excluding carboxylic acids is 1. The number of aliphatic hydroxyl groups is 1. The molecular weight excluding hydrogens is 292 g/mol. The zero-order valence-corrected chi connectivity index (χ0v) is 13.6. The minimum atomic E-state index is -0.919. The molecule has 0 aliphatic carbocycles. The molecule has 1 amide bonds. The number of ether oxygens (including phenoxy) is 1. The van der Waals surface area contributed by atoms with E-state index in [0.717, 1.165) is 24.3 Å². The molecule has 0 spiro atoms. The highest BCUT2D eigenvalue weighted by Gasteiger charge is 2.29. The molecule has 2 aliphatic heterocycles. The molecular formula is C18H22N2O3. The highest BCUT2D eigenvalue weighted by Crippen LogP contribution is 2.31. The first-order chi connectivity index (χ1) is 11.0. The SMILES string of the molecule is CN1CCC(O)(C#Cc2ccc3c(c2)N(C)C(=O)CCO3)CC1. The molecule has 1 aromatic rings. The normalized spacial score (nSPS) is 20.8. The van der Waals surface area contributed by atoms with Crippen LogP contribution >= 0.6 is 0 Å². The third-order valence-electron chi connectivity index (χ3n) is 4.52. The lowest BCUT2D eigenvalue weighted by molar-refractivity contribution is -0.118. The number of benzene rings is 1. The second-order valence-electron chi connectivity index (χ2n) is 6.32. The largest absolute Gasteiger partial charge is 0.491 e. The van der Waals surface area contributed by atoms with Crippen LogP contribution in [0.1, 0.15) is 24.8 Å². The predicted octanol–water partition coefficient (Wildman–Crippen LogP) is 1.24. The maximum atomic E-state index is 11.9. The zero-order chi connectivity index (χ0) is 16.4. The maximum Gasteiger partial charge on any atom is 0.230 e. The van der Waals surface area contributed by atoms with E-state index >= 15 is 0 Å². The van der Waals surface area contributed by atoms with Gasteiger partial charge in [0.25, 0.3) is 0 Å². The summed E-state index contributed by atoms with van der Waals surface area (Å²) in [6, 6.07) is 5.56. The average molecular weight is 314 g/mol. The van der Waals surface area contributed by atoms with Crippen molar-refractivity contribution in [1.82, 2.24) is 4.90 Å². The Bertz CT molecular complexity index is 667. The van der Waals surface area contributed by atoms with E-state index in [1.807, 2.05) is 25.2 Å². The zero-order valence-electron chi connectivity index (χ0n) is 13.6. The van der Waals surface area contributed by atoms with Gasteiger partial charge in [-0.2, -0.15) is 0 Å². The van der Waals surface area contributed by atoms with Gasteiger partial charge < -0.3 is 19.6 Å². The van der Waals surface area contributed by atoms with Crippen LogP contribution in [-0.4, -0.2) is 55.3 Å². The van der Waals surface area contributed by atoms with E-state index in [4.69, 9.17) is 4.74 Å². The molecule has 122 valence electrons. The molecule has 0 radical (unpaired) electrons. The molecule has 1 aromatic carbocycles. The van der Waals surface area contributed by atoms with Gasteiger partial charge in [-0.3, -0.25) is 4.79 Å². The number of anilines is 1. The molecule has 1 saturated heterocycles. The topological polar surface area (TPSA) is 53.0 Å². The number of hydrogen-bond donors (Lipinski definition) is 1. The molecule has 3 rings (SSSR count). The number of carbonyl (C=O) groups is 1. The van der Waals surface area contributed by atoms with Crippen molar-refractivity contribution >= 4 is 11.6 Å². The van der Waals surface area contributed by atoms with E-state index in [1.54, 1.807) is 11.9 Å². The summed E-state index contributed by atoms with van der Waals surface area (Å²) in [4.78, 5) is 15.7. The number of likely N-dealkylation sites (tertiary alicyclic amines) is 1. The van der Waals surface area contributed by atoms with Crippen LogP contribution in [0.15, 0.2) is 18.2 Å². The Morgan fingerprint density at radius 2 is 2.00 bits per heavy atom. The second-order valence-corrected chi connectivity index (χ2v) is 6.32. The Hall–Kier alpha value is -2.03. The summed E-state index contributed by atoms with van der Waals surface area (Å²) in [5.41, 5.74) is 0.591. The number of amides is 1. The molecule has 0 saturated carbocycles. The van der Waals surface area contributed by atoms with Crippen molar-refractivity contribution in [3.63, 3.8) is 0 Å². The quantitative estimate of drug-likeness (QED) is 0.732. The monoisotopic (exact) mass is 314 g/mol. The summed E-state index contributed by atoms with van der Waals surface area (Å²) < 4.78 is 5.60. The molecule has 5 nitrogen and oxygen atoms in total. The van der Waals surface area contributed by atoms with E-state index in [9.17, 15) is 9.90 Å². The lowest BCUT2D eigenvalue weighted by atomic mass is 9.92. The van der Waals surface area contributed by atoms with Crippen molar-refractivity contribution in [1.29, 1.82) is 0 Å². The van der Waals surface area contributed by atoms with E-state index in [0.29, 0.717) is 31.6 Å². The van der Waals surface area contributed by atoms with E-state index in [2.05, 4.69) is 16.7 Å². The number of fused-ring (bicyclic) bond motifs is 1. The molecule has 2 heterocycles. The first kappa shape index (κ1) is 15.9. The molecule has 23 heavy (non-hydrogen) atoms. The lowest BCUT2D eigenvalue weighted by Gasteiger charge is -2.32. The third kappa shape index (κ3) is 3.49. The van der Waals surface area contributed by atoms with Crippen molar-refractivity contribution in [2.24, 2.45) is 0 Å². The molecule has 0 bridgehead atoms. The second kappa shape index (κ2) is 6.23. The standard InChI is InChI=1S/C18H22N2O3/c1-19-10-8-18(22,9-11-19)7-5-14-3-4-16-15(13-14)20(2)17(21)6-12-23-16/h3-4,13,22H,6,8-12H2,1-2H3. The summed E-state index contributed by atoms with van der Waals surface area (Å²) in [5.74, 6) is 6.81. The maximum absolute atomic E-state index is 11.9. The van der Waals surface area contributed by atoms with Gasteiger partial charge in [-0.25, -0.2) is 0 Å². The van der Waals surface area contributed by atoms with Gasteiger partial charge in [0.15, 0.2) is 0 Å². The summed E-state index contributed by atoms with van der Waals surface area (Å²) in [5, 5.41) is 10.5. The van der Waals surface area contributed by atoms with Gasteiger partial charge in [-0.15, -0.1) is 0 Å². The van der Waals surface area contributed by atoms with Crippen molar-refractivity contribution in [3.05, 3.63) is 23.8 Å². The molecule has 0 atom stereocenters. The third-order valence-corrected chi connectivity index (χ3v) is 4.52. The van der Waals surface area contributed by atoms with Gasteiger partial charge in [0.1, 0.15) is 11.4 Å². The minimum absolute atomic E-state index is 0.0304. The van der Waals surface area contributed by atoms with Crippen LogP contribution in [0.25, 0.3) is 0 Å². The Balaban J connectivity index is 1.84. The fraction of sp³-hybridized carbons (Fsp3) is 0.500. The van der Waals surface area contributed by atoms with E-state index in [1.165, 1.54) is 0 Å². The minimum Gasteiger partial charge on any atom is -0.491 e. The molecule has 0 unspecified atom stereocenters. The number of nitrogens with zero attached hydrogens (tertiary/aromatic N) is 2. The van der Waals surface area contributed by atoms with Crippen molar-refractivity contribution in [3.8, 4) is 17.6 Å². The molecule has 1 fully saturated rings. The summed E-state index contributed by atoms with van der Waals surface area (Å²) >= 11 is 0. The number of hydrogen-bond acceptors (Lipinski definition) is 4. The van der Waals surface area contributed by atoms with Crippen LogP contribution in [-0.2, 0) is 4.79 Å². The van der Waals surface area contributed by atoms with Crippen LogP contribution in [0.5, 0.6) is 5.75 Å². The van der Waals surface area contributed by atoms with Gasteiger partial charge in [0, 0.05) is 38.5 Å². The van der Waals surface area contributed by atoms with Crippen LogP contribution in [0.2, 0.25) is 0 Å². The van der Waals surface area contributed by atoms with Gasteiger partial charge in [0.2, 0.25) is 5.91 Å². The first-order valence-corrected chi connectivity index (χ1v) is 7.94. The molecule has 1 N–H and O–H groups in total.